The molecular weight excluding hydrogens is 1020 g/mol. The first-order valence-corrected chi connectivity index (χ1v) is 27.3. The molecule has 6 saturated carbocycles. The summed E-state index contributed by atoms with van der Waals surface area (Å²) in [5.74, 6) is 0.225. The molecule has 0 saturated heterocycles. The summed E-state index contributed by atoms with van der Waals surface area (Å²) in [6.45, 7) is 16.2. The van der Waals surface area contributed by atoms with E-state index in [1.165, 1.54) is 62.4 Å². The van der Waals surface area contributed by atoms with E-state index in [4.69, 9.17) is 24.8 Å². The van der Waals surface area contributed by atoms with E-state index in [1.54, 1.807) is 30.3 Å². The zero-order valence-corrected chi connectivity index (χ0v) is 46.6. The van der Waals surface area contributed by atoms with Crippen molar-refractivity contribution in [3.8, 4) is 11.5 Å². The predicted molar refractivity (Wildman–Crippen MR) is 288 cm³/mol. The molecule has 0 amide bonds. The van der Waals surface area contributed by atoms with Gasteiger partial charge in [0.05, 0.1) is 17.6 Å². The average Bonchev–Trinajstić information content (AvgIpc) is 4.10. The minimum Gasteiger partial charge on any atom is -0.490 e. The summed E-state index contributed by atoms with van der Waals surface area (Å²) in [7, 11) is 0. The second kappa shape index (κ2) is 23.6. The molecule has 9 nitrogen and oxygen atoms in total. The number of hydrogen-bond donors (Lipinski definition) is 3. The lowest BCUT2D eigenvalue weighted by molar-refractivity contribution is -0.191. The summed E-state index contributed by atoms with van der Waals surface area (Å²) in [6, 6.07) is 15.5. The molecule has 0 aromatic heterocycles. The summed E-state index contributed by atoms with van der Waals surface area (Å²) in [6.07, 6.45) is 8.61. The number of carboxylic acid groups (broad SMARTS) is 1. The van der Waals surface area contributed by atoms with Crippen LogP contribution in [-0.2, 0) is 33.3 Å². The number of alkyl halides is 6. The summed E-state index contributed by atoms with van der Waals surface area (Å²) in [5, 5.41) is 14.3. The highest BCUT2D eigenvalue weighted by molar-refractivity contribution is 5.93. The molecule has 4 aromatic rings. The number of ether oxygens (including phenoxy) is 2. The number of rotatable bonds is 9. The van der Waals surface area contributed by atoms with Crippen LogP contribution in [0.2, 0.25) is 0 Å². The second-order valence-electron chi connectivity index (χ2n) is 25.8. The normalized spacial score (nSPS) is 28.6. The lowest BCUT2D eigenvalue weighted by Gasteiger charge is -2.37. The average molecular weight is 1100 g/mol. The van der Waals surface area contributed by atoms with Crippen LogP contribution in [0.15, 0.2) is 60.7 Å². The first kappa shape index (κ1) is 61.5. The SMILES string of the molecule is CC(C)(C)C1CCC(Oc2ccc3cc(C=O)ccc3c2C(F)(F)F)CC1.CC(C)(C)C1CCC(Oc2ccc3cc(CNC45CCC(C(=O)O)(CC4)C5)ccc3c2C(F)(F)F)CC1.CC12CCC(N)(CC1)C2.Cl.O=C=O. The molecule has 16 heteroatoms. The second-order valence-corrected chi connectivity index (χ2v) is 25.8. The summed E-state index contributed by atoms with van der Waals surface area (Å²) < 4.78 is 96.0. The largest absolute Gasteiger partial charge is 0.490 e. The Bertz CT molecular complexity index is 2710. The number of hydrogen-bond acceptors (Lipinski definition) is 8. The fourth-order valence-electron chi connectivity index (χ4n) is 13.7. The fraction of sp³-hybridized carbons (Fsp3) is 0.623. The highest BCUT2D eigenvalue weighted by Gasteiger charge is 2.58. The van der Waals surface area contributed by atoms with Gasteiger partial charge in [0, 0.05) is 23.2 Å². The molecule has 4 bridgehead atoms. The number of fused-ring (bicyclic) bond motifs is 6. The third-order valence-corrected chi connectivity index (χ3v) is 18.3. The van der Waals surface area contributed by atoms with Gasteiger partial charge in [0.2, 0.25) is 0 Å². The Kier molecular flexibility index (Phi) is 18.8. The van der Waals surface area contributed by atoms with Crippen molar-refractivity contribution in [3.05, 3.63) is 82.9 Å². The Labute approximate surface area is 456 Å². The number of nitrogens with one attached hydrogen (secondary N) is 1. The maximum atomic E-state index is 14.3. The summed E-state index contributed by atoms with van der Waals surface area (Å²) >= 11 is 0. The lowest BCUT2D eigenvalue weighted by Crippen LogP contribution is -2.40. The molecular formula is C61H79ClF6N2O7. The Morgan fingerprint density at radius 2 is 1.10 bits per heavy atom. The van der Waals surface area contributed by atoms with Gasteiger partial charge in [-0.2, -0.15) is 35.9 Å². The highest BCUT2D eigenvalue weighted by atomic mass is 35.5. The van der Waals surface area contributed by atoms with Crippen LogP contribution in [0.1, 0.15) is 191 Å². The molecule has 6 aliphatic carbocycles. The molecule has 0 radical (unpaired) electrons. The zero-order valence-electron chi connectivity index (χ0n) is 45.7. The van der Waals surface area contributed by atoms with Gasteiger partial charge >= 0.3 is 24.5 Å². The van der Waals surface area contributed by atoms with Crippen LogP contribution < -0.4 is 20.5 Å². The molecule has 6 aliphatic rings. The molecule has 0 unspecified atom stereocenters. The molecule has 4 N–H and O–H groups in total. The highest BCUT2D eigenvalue weighted by Crippen LogP contribution is 2.57. The number of aliphatic carboxylic acids is 1. The van der Waals surface area contributed by atoms with Crippen LogP contribution in [0.4, 0.5) is 26.3 Å². The molecule has 4 aromatic carbocycles. The smallest absolute Gasteiger partial charge is 0.420 e. The van der Waals surface area contributed by atoms with Crippen molar-refractivity contribution in [2.75, 3.05) is 0 Å². The lowest BCUT2D eigenvalue weighted by atomic mass is 9.72. The van der Waals surface area contributed by atoms with Gasteiger partial charge in [0.15, 0.2) is 0 Å². The summed E-state index contributed by atoms with van der Waals surface area (Å²) in [5.41, 5.74) is 6.41. The number of carbonyl (C=O) groups is 2. The van der Waals surface area contributed by atoms with Crippen molar-refractivity contribution < 1.29 is 60.1 Å². The molecule has 0 heterocycles. The molecule has 6 fully saturated rings. The van der Waals surface area contributed by atoms with Crippen molar-refractivity contribution in [1.82, 2.24) is 5.32 Å². The van der Waals surface area contributed by atoms with E-state index in [2.05, 4.69) is 53.8 Å². The molecule has 0 aliphatic heterocycles. The van der Waals surface area contributed by atoms with E-state index < -0.39 is 34.9 Å². The molecule has 0 spiro atoms. The number of carboxylic acids is 1. The van der Waals surface area contributed by atoms with Gasteiger partial charge in [0.25, 0.3) is 0 Å². The molecule has 424 valence electrons. The Morgan fingerprint density at radius 1 is 0.662 bits per heavy atom. The first-order chi connectivity index (χ1) is 35.4. The maximum absolute atomic E-state index is 14.3. The van der Waals surface area contributed by atoms with Crippen molar-refractivity contribution in [2.45, 2.75) is 206 Å². The van der Waals surface area contributed by atoms with Crippen molar-refractivity contribution in [1.29, 1.82) is 0 Å². The number of halogens is 7. The van der Waals surface area contributed by atoms with E-state index in [0.29, 0.717) is 65.7 Å². The Morgan fingerprint density at radius 3 is 1.45 bits per heavy atom. The van der Waals surface area contributed by atoms with Gasteiger partial charge < -0.3 is 25.6 Å². The van der Waals surface area contributed by atoms with Crippen molar-refractivity contribution >= 4 is 52.4 Å². The quantitative estimate of drug-likeness (QED) is 0.110. The van der Waals surface area contributed by atoms with Crippen LogP contribution in [0, 0.1) is 33.5 Å². The maximum Gasteiger partial charge on any atom is 0.420 e. The topological polar surface area (TPSA) is 145 Å². The molecule has 77 heavy (non-hydrogen) atoms. The molecule has 0 atom stereocenters. The van der Waals surface area contributed by atoms with Gasteiger partial charge in [-0.05, 0) is 195 Å². The Balaban J connectivity index is 0.000000208. The van der Waals surface area contributed by atoms with E-state index in [-0.39, 0.29) is 74.9 Å². The number of aldehydes is 1. The third kappa shape index (κ3) is 14.6. The van der Waals surface area contributed by atoms with Crippen LogP contribution in [0.3, 0.4) is 0 Å². The monoisotopic (exact) mass is 1100 g/mol. The van der Waals surface area contributed by atoms with E-state index in [1.807, 2.05) is 0 Å². The van der Waals surface area contributed by atoms with Gasteiger partial charge in [-0.25, -0.2) is 0 Å². The van der Waals surface area contributed by atoms with E-state index in [9.17, 15) is 41.0 Å². The van der Waals surface area contributed by atoms with E-state index in [0.717, 1.165) is 69.8 Å². The summed E-state index contributed by atoms with van der Waals surface area (Å²) in [4.78, 5) is 38.9. The van der Waals surface area contributed by atoms with Crippen LogP contribution in [-0.4, -0.2) is 46.8 Å². The van der Waals surface area contributed by atoms with Crippen LogP contribution >= 0.6 is 12.4 Å². The standard InChI is InChI=1S/C30H38F3NO3.C22H25F3O2.C8H15N.CO2.ClH/c1-27(2,3)21-6-8-22(9-7-21)37-24-11-5-20-16-19(4-10-23(20)25(24)30(31,32)33)17-34-29-14-12-28(18-29,13-15-29)26(35)36;1-21(2,3)16-6-8-17(9-7-16)27-19-11-5-15-12-14(13-26)4-10-18(15)20(19)22(23,24)25;1-7-2-4-8(9,6-7)5-3-7;2-1-3;/h4-5,10-11,16,21-22,34H,6-9,12-15,17-18H2,1-3H3,(H,35,36);4-5,10-13,16-17H,6-9H2,1-3H3;2-6,9H2,1H3;;1H. The number of nitrogens with two attached hydrogens (primary N) is 1. The van der Waals surface area contributed by atoms with Crippen LogP contribution in [0.5, 0.6) is 11.5 Å². The van der Waals surface area contributed by atoms with E-state index >= 15 is 0 Å². The van der Waals surface area contributed by atoms with Gasteiger partial charge in [-0.1, -0.05) is 84.9 Å². The Hall–Kier alpha value is -4.69. The van der Waals surface area contributed by atoms with Gasteiger partial charge in [0.1, 0.15) is 28.9 Å². The predicted octanol–water partition coefficient (Wildman–Crippen LogP) is 15.9. The van der Waals surface area contributed by atoms with Crippen molar-refractivity contribution in [2.24, 2.45) is 39.2 Å². The first-order valence-electron chi connectivity index (χ1n) is 27.3. The third-order valence-electron chi connectivity index (χ3n) is 18.3. The van der Waals surface area contributed by atoms with Crippen molar-refractivity contribution in [3.63, 3.8) is 0 Å². The minimum atomic E-state index is -4.53. The minimum absolute atomic E-state index is 0. The number of carbonyl (C=O) groups excluding carboxylic acids is 3. The van der Waals surface area contributed by atoms with Crippen LogP contribution in [0.25, 0.3) is 21.5 Å². The van der Waals surface area contributed by atoms with Gasteiger partial charge in [-0.15, -0.1) is 12.4 Å². The number of benzene rings is 4. The molecule has 10 rings (SSSR count). The fourth-order valence-corrected chi connectivity index (χ4v) is 13.7. The zero-order chi connectivity index (χ0) is 55.7. The van der Waals surface area contributed by atoms with Gasteiger partial charge in [-0.3, -0.25) is 9.59 Å².